The molecule has 182 valence electrons. The van der Waals surface area contributed by atoms with Crippen molar-refractivity contribution in [2.45, 2.75) is 26.4 Å². The van der Waals surface area contributed by atoms with Gasteiger partial charge < -0.3 is 25.6 Å². The Morgan fingerprint density at radius 3 is 2.03 bits per heavy atom. The van der Waals surface area contributed by atoms with Gasteiger partial charge in [0, 0.05) is 29.6 Å². The van der Waals surface area contributed by atoms with Crippen LogP contribution in [-0.2, 0) is 20.9 Å². The molecular formula is C27H30N4O4. The molecule has 3 aromatic carbocycles. The van der Waals surface area contributed by atoms with E-state index in [4.69, 9.17) is 4.74 Å². The summed E-state index contributed by atoms with van der Waals surface area (Å²) in [6.45, 7) is 3.34. The van der Waals surface area contributed by atoms with Gasteiger partial charge in [0.05, 0.1) is 0 Å². The van der Waals surface area contributed by atoms with Gasteiger partial charge in [0.2, 0.25) is 0 Å². The van der Waals surface area contributed by atoms with Crippen LogP contribution in [0.5, 0.6) is 0 Å². The number of hydrogen-bond acceptors (Lipinski definition) is 5. The van der Waals surface area contributed by atoms with Crippen LogP contribution in [0.2, 0.25) is 0 Å². The number of nitrogens with one attached hydrogen (secondary N) is 3. The quantitative estimate of drug-likeness (QED) is 0.382. The summed E-state index contributed by atoms with van der Waals surface area (Å²) in [6.07, 6.45) is 0. The molecule has 8 heteroatoms. The Bertz CT molecular complexity index is 1100. The Morgan fingerprint density at radius 2 is 1.40 bits per heavy atom. The van der Waals surface area contributed by atoms with Crippen molar-refractivity contribution in [1.29, 1.82) is 0 Å². The Morgan fingerprint density at radius 1 is 0.800 bits per heavy atom. The number of rotatable bonds is 10. The van der Waals surface area contributed by atoms with E-state index in [1.54, 1.807) is 4.90 Å². The largest absolute Gasteiger partial charge is 0.454 e. The normalized spacial score (nSPS) is 10.4. The van der Waals surface area contributed by atoms with E-state index in [9.17, 15) is 14.4 Å². The zero-order valence-electron chi connectivity index (χ0n) is 19.9. The molecule has 0 aliphatic carbocycles. The van der Waals surface area contributed by atoms with Crippen molar-refractivity contribution in [3.8, 4) is 0 Å². The number of para-hydroxylation sites is 1. The highest BCUT2D eigenvalue weighted by Gasteiger charge is 2.20. The molecule has 0 radical (unpaired) electrons. The van der Waals surface area contributed by atoms with E-state index in [-0.39, 0.29) is 18.5 Å². The number of carbonyl (C=O) groups excluding carboxylic acids is 3. The highest BCUT2D eigenvalue weighted by atomic mass is 16.5. The van der Waals surface area contributed by atoms with E-state index in [0.29, 0.717) is 12.2 Å². The van der Waals surface area contributed by atoms with Gasteiger partial charge in [-0.3, -0.25) is 9.59 Å². The number of benzene rings is 3. The molecule has 3 aromatic rings. The van der Waals surface area contributed by atoms with Crippen LogP contribution < -0.4 is 20.9 Å². The Labute approximate surface area is 205 Å². The lowest BCUT2D eigenvalue weighted by Gasteiger charge is -2.27. The molecule has 3 N–H and O–H groups in total. The maximum Gasteiger partial charge on any atom is 0.325 e. The SMILES string of the molecule is CC(C)N(C(=O)COC(=O)CNC(=O)NCc1ccccc1)c1ccc(Nc2ccccc2)cc1. The molecule has 8 nitrogen and oxygen atoms in total. The molecule has 0 bridgehead atoms. The molecule has 0 spiro atoms. The highest BCUT2D eigenvalue weighted by molar-refractivity contribution is 5.96. The molecule has 0 fully saturated rings. The lowest BCUT2D eigenvalue weighted by Crippen LogP contribution is -2.42. The van der Waals surface area contributed by atoms with Crippen LogP contribution in [0.1, 0.15) is 19.4 Å². The van der Waals surface area contributed by atoms with Gasteiger partial charge in [-0.2, -0.15) is 0 Å². The van der Waals surface area contributed by atoms with Crippen molar-refractivity contribution in [3.05, 3.63) is 90.5 Å². The van der Waals surface area contributed by atoms with Crippen molar-refractivity contribution in [2.75, 3.05) is 23.4 Å². The van der Waals surface area contributed by atoms with E-state index in [1.807, 2.05) is 98.8 Å². The van der Waals surface area contributed by atoms with Crippen molar-refractivity contribution >= 4 is 35.0 Å². The smallest absolute Gasteiger partial charge is 0.325 e. The molecule has 0 aliphatic rings. The van der Waals surface area contributed by atoms with Crippen LogP contribution in [0.3, 0.4) is 0 Å². The first kappa shape index (κ1) is 25.3. The number of anilines is 3. The average Bonchev–Trinajstić information content (AvgIpc) is 2.87. The van der Waals surface area contributed by atoms with Crippen molar-refractivity contribution in [2.24, 2.45) is 0 Å². The third kappa shape index (κ3) is 8.19. The summed E-state index contributed by atoms with van der Waals surface area (Å²) in [5.74, 6) is -1.05. The van der Waals surface area contributed by atoms with Crippen molar-refractivity contribution in [3.63, 3.8) is 0 Å². The van der Waals surface area contributed by atoms with E-state index < -0.39 is 18.6 Å². The Balaban J connectivity index is 1.45. The molecule has 0 atom stereocenters. The van der Waals surface area contributed by atoms with Gasteiger partial charge in [0.15, 0.2) is 6.61 Å². The van der Waals surface area contributed by atoms with Crippen LogP contribution in [0.15, 0.2) is 84.9 Å². The molecule has 0 saturated heterocycles. The lowest BCUT2D eigenvalue weighted by molar-refractivity contribution is -0.146. The minimum Gasteiger partial charge on any atom is -0.454 e. The van der Waals surface area contributed by atoms with Gasteiger partial charge in [-0.05, 0) is 55.8 Å². The van der Waals surface area contributed by atoms with Crippen molar-refractivity contribution in [1.82, 2.24) is 10.6 Å². The summed E-state index contributed by atoms with van der Waals surface area (Å²) in [6, 6.07) is 26.0. The summed E-state index contributed by atoms with van der Waals surface area (Å²) in [5, 5.41) is 8.38. The molecule has 0 saturated carbocycles. The second-order valence-corrected chi connectivity index (χ2v) is 8.08. The van der Waals surface area contributed by atoms with Gasteiger partial charge in [-0.15, -0.1) is 0 Å². The first-order valence-corrected chi connectivity index (χ1v) is 11.4. The topological polar surface area (TPSA) is 99.8 Å². The van der Waals surface area contributed by atoms with E-state index in [0.717, 1.165) is 16.9 Å². The predicted octanol–water partition coefficient (Wildman–Crippen LogP) is 4.21. The minimum absolute atomic E-state index is 0.143. The summed E-state index contributed by atoms with van der Waals surface area (Å²) in [5.41, 5.74) is 3.48. The molecule has 3 amide bonds. The van der Waals surface area contributed by atoms with Crippen LogP contribution in [0.25, 0.3) is 0 Å². The van der Waals surface area contributed by atoms with Gasteiger partial charge in [-0.1, -0.05) is 48.5 Å². The second kappa shape index (κ2) is 12.8. The standard InChI is InChI=1S/C27H30N4O4/c1-20(2)31(24-15-13-23(14-16-24)30-22-11-7-4-8-12-22)25(32)19-35-26(33)18-29-27(34)28-17-21-9-5-3-6-10-21/h3-16,20,30H,17-19H2,1-2H3,(H2,28,29,34). The monoisotopic (exact) mass is 474 g/mol. The first-order chi connectivity index (χ1) is 16.9. The van der Waals surface area contributed by atoms with Gasteiger partial charge in [0.25, 0.3) is 5.91 Å². The molecular weight excluding hydrogens is 444 g/mol. The molecule has 3 rings (SSSR count). The van der Waals surface area contributed by atoms with E-state index in [2.05, 4.69) is 16.0 Å². The van der Waals surface area contributed by atoms with Crippen LogP contribution >= 0.6 is 0 Å². The molecule has 0 unspecified atom stereocenters. The Kier molecular flexibility index (Phi) is 9.24. The number of urea groups is 1. The van der Waals surface area contributed by atoms with Gasteiger partial charge in [0.1, 0.15) is 6.54 Å². The number of esters is 1. The summed E-state index contributed by atoms with van der Waals surface area (Å²) < 4.78 is 5.09. The summed E-state index contributed by atoms with van der Waals surface area (Å²) in [7, 11) is 0. The number of ether oxygens (including phenoxy) is 1. The van der Waals surface area contributed by atoms with Gasteiger partial charge in [-0.25, -0.2) is 4.79 Å². The average molecular weight is 475 g/mol. The van der Waals surface area contributed by atoms with E-state index >= 15 is 0 Å². The minimum atomic E-state index is -0.695. The van der Waals surface area contributed by atoms with E-state index in [1.165, 1.54) is 0 Å². The first-order valence-electron chi connectivity index (χ1n) is 11.4. The number of carbonyl (C=O) groups is 3. The van der Waals surface area contributed by atoms with Gasteiger partial charge >= 0.3 is 12.0 Å². The fourth-order valence-corrected chi connectivity index (χ4v) is 3.38. The fourth-order valence-electron chi connectivity index (χ4n) is 3.38. The zero-order valence-corrected chi connectivity index (χ0v) is 19.9. The fraction of sp³-hybridized carbons (Fsp3) is 0.222. The molecule has 0 aliphatic heterocycles. The maximum absolute atomic E-state index is 12.8. The molecule has 0 heterocycles. The molecule has 35 heavy (non-hydrogen) atoms. The molecule has 0 aromatic heterocycles. The van der Waals surface area contributed by atoms with Crippen molar-refractivity contribution < 1.29 is 19.1 Å². The third-order valence-corrected chi connectivity index (χ3v) is 5.04. The Hall–Kier alpha value is -4.33. The number of amides is 3. The zero-order chi connectivity index (χ0) is 25.0. The number of nitrogens with zero attached hydrogens (tertiary/aromatic N) is 1. The second-order valence-electron chi connectivity index (χ2n) is 8.08. The van der Waals surface area contributed by atoms with Crippen LogP contribution in [0, 0.1) is 0 Å². The van der Waals surface area contributed by atoms with Crippen LogP contribution in [0.4, 0.5) is 21.9 Å². The third-order valence-electron chi connectivity index (χ3n) is 5.04. The van der Waals surface area contributed by atoms with Crippen LogP contribution in [-0.4, -0.2) is 37.1 Å². The number of hydrogen-bond donors (Lipinski definition) is 3. The summed E-state index contributed by atoms with van der Waals surface area (Å²) >= 11 is 0. The predicted molar refractivity (Wildman–Crippen MR) is 136 cm³/mol. The highest BCUT2D eigenvalue weighted by Crippen LogP contribution is 2.23. The lowest BCUT2D eigenvalue weighted by atomic mass is 10.2. The summed E-state index contributed by atoms with van der Waals surface area (Å²) in [4.78, 5) is 38.3. The maximum atomic E-state index is 12.8.